The molecule has 0 aliphatic rings. The maximum Gasteiger partial charge on any atom is 0.212 e. The fourth-order valence-corrected chi connectivity index (χ4v) is 9.40. The lowest BCUT2D eigenvalue weighted by atomic mass is 9.77. The summed E-state index contributed by atoms with van der Waals surface area (Å²) in [6.45, 7) is 0. The Balaban J connectivity index is 1.29. The third-order valence-corrected chi connectivity index (χ3v) is 13.1. The molecule has 0 N–H and O–H groups in total. The molecular formula is C47H35N5O3S2. The fourth-order valence-electron chi connectivity index (χ4n) is 7.46. The second-order valence-corrected chi connectivity index (χ2v) is 17.0. The van der Waals surface area contributed by atoms with E-state index < -0.39 is 15.4 Å². The number of nitrogens with zero attached hydrogens (tertiary/aromatic N) is 5. The van der Waals surface area contributed by atoms with Crippen LogP contribution in [0.4, 0.5) is 0 Å². The molecule has 8 nitrogen and oxygen atoms in total. The van der Waals surface area contributed by atoms with Gasteiger partial charge in [-0.15, -0.1) is 11.3 Å². The standard InChI is InChI=1S/C47H35N5O3S2/c1-55-43-26-23-35(29-48-43)32-18-20-33(21-19-32)45-40(34-22-24-41-39(28-34)46(50-31-49-41)42-25-27-44(56-42)57(2,53)54)30-52(51-45)47(36-12-6-3-7-13-36,37-14-8-4-9-15-37)38-16-10-5-11-17-38/h3-31H,1-2H3. The van der Waals surface area contributed by atoms with Crippen LogP contribution < -0.4 is 4.74 Å². The van der Waals surface area contributed by atoms with Gasteiger partial charge < -0.3 is 4.74 Å². The zero-order valence-electron chi connectivity index (χ0n) is 31.0. The average molecular weight is 782 g/mol. The molecule has 10 heteroatoms. The van der Waals surface area contributed by atoms with E-state index in [2.05, 4.69) is 135 Å². The number of ether oxygens (including phenoxy) is 1. The van der Waals surface area contributed by atoms with Crippen LogP contribution in [0.3, 0.4) is 0 Å². The number of benzene rings is 5. The summed E-state index contributed by atoms with van der Waals surface area (Å²) >= 11 is 1.21. The van der Waals surface area contributed by atoms with Crippen LogP contribution in [0.15, 0.2) is 181 Å². The van der Waals surface area contributed by atoms with Crippen LogP contribution in [0.5, 0.6) is 5.88 Å². The first kappa shape index (κ1) is 35.9. The average Bonchev–Trinajstić information content (AvgIpc) is 3.95. The van der Waals surface area contributed by atoms with Crippen molar-refractivity contribution in [3.8, 4) is 50.0 Å². The summed E-state index contributed by atoms with van der Waals surface area (Å²) in [5.41, 5.74) is 9.24. The minimum absolute atomic E-state index is 0.289. The van der Waals surface area contributed by atoms with Gasteiger partial charge in [0.15, 0.2) is 9.84 Å². The summed E-state index contributed by atoms with van der Waals surface area (Å²) in [4.78, 5) is 14.4. The molecule has 0 fully saturated rings. The van der Waals surface area contributed by atoms with E-state index in [4.69, 9.17) is 9.84 Å². The molecule has 0 bridgehead atoms. The number of rotatable bonds is 10. The van der Waals surface area contributed by atoms with Gasteiger partial charge in [-0.05, 0) is 58.1 Å². The molecule has 5 aromatic carbocycles. The second-order valence-electron chi connectivity index (χ2n) is 13.7. The van der Waals surface area contributed by atoms with Crippen LogP contribution in [-0.2, 0) is 15.4 Å². The van der Waals surface area contributed by atoms with Gasteiger partial charge in [0, 0.05) is 46.8 Å². The Morgan fingerprint density at radius 3 is 1.77 bits per heavy atom. The summed E-state index contributed by atoms with van der Waals surface area (Å²) in [5, 5.41) is 6.37. The Hall–Kier alpha value is -6.75. The molecule has 0 unspecified atom stereocenters. The van der Waals surface area contributed by atoms with Crippen LogP contribution in [0.1, 0.15) is 16.7 Å². The van der Waals surface area contributed by atoms with Gasteiger partial charge in [-0.1, -0.05) is 121 Å². The van der Waals surface area contributed by atoms with Crippen molar-refractivity contribution >= 4 is 32.1 Å². The summed E-state index contributed by atoms with van der Waals surface area (Å²) in [6.07, 6.45) is 6.69. The van der Waals surface area contributed by atoms with E-state index in [9.17, 15) is 8.42 Å². The summed E-state index contributed by atoms with van der Waals surface area (Å²) in [6, 6.07) is 53.2. The normalized spacial score (nSPS) is 11.8. The van der Waals surface area contributed by atoms with Crippen molar-refractivity contribution < 1.29 is 13.2 Å². The first-order valence-corrected chi connectivity index (χ1v) is 21.0. The topological polar surface area (TPSA) is 99.9 Å². The van der Waals surface area contributed by atoms with E-state index in [0.717, 1.165) is 66.0 Å². The minimum atomic E-state index is -3.38. The Bertz CT molecular complexity index is 2850. The van der Waals surface area contributed by atoms with E-state index in [0.29, 0.717) is 11.6 Å². The van der Waals surface area contributed by atoms with Gasteiger partial charge >= 0.3 is 0 Å². The molecule has 0 aliphatic carbocycles. The van der Waals surface area contributed by atoms with Crippen molar-refractivity contribution in [3.63, 3.8) is 0 Å². The number of sulfone groups is 1. The molecule has 0 amide bonds. The van der Waals surface area contributed by atoms with Crippen molar-refractivity contribution in [1.29, 1.82) is 0 Å². The zero-order chi connectivity index (χ0) is 39.0. The number of methoxy groups -OCH3 is 1. The van der Waals surface area contributed by atoms with Gasteiger partial charge in [0.2, 0.25) is 5.88 Å². The lowest BCUT2D eigenvalue weighted by Crippen LogP contribution is -2.38. The Labute approximate surface area is 334 Å². The molecule has 9 rings (SSSR count). The summed E-state index contributed by atoms with van der Waals surface area (Å²) < 4.78 is 32.5. The van der Waals surface area contributed by atoms with Crippen LogP contribution in [0, 0.1) is 0 Å². The van der Waals surface area contributed by atoms with Crippen LogP contribution in [-0.4, -0.2) is 46.5 Å². The lowest BCUT2D eigenvalue weighted by Gasteiger charge is -2.36. The summed E-state index contributed by atoms with van der Waals surface area (Å²) in [5.74, 6) is 0.558. The van der Waals surface area contributed by atoms with Crippen molar-refractivity contribution in [2.75, 3.05) is 13.4 Å². The molecule has 0 spiro atoms. The van der Waals surface area contributed by atoms with E-state index in [1.807, 2.05) is 48.7 Å². The maximum atomic E-state index is 12.4. The summed E-state index contributed by atoms with van der Waals surface area (Å²) in [7, 11) is -1.77. The third-order valence-electron chi connectivity index (χ3n) is 10.2. The van der Waals surface area contributed by atoms with Crippen molar-refractivity contribution in [3.05, 3.63) is 193 Å². The van der Waals surface area contributed by atoms with E-state index in [-0.39, 0.29) is 4.21 Å². The van der Waals surface area contributed by atoms with Crippen molar-refractivity contribution in [2.45, 2.75) is 9.75 Å². The zero-order valence-corrected chi connectivity index (χ0v) is 32.7. The first-order valence-electron chi connectivity index (χ1n) is 18.3. The second kappa shape index (κ2) is 14.7. The molecule has 0 aliphatic heterocycles. The van der Waals surface area contributed by atoms with Crippen molar-refractivity contribution in [1.82, 2.24) is 24.7 Å². The molecule has 0 radical (unpaired) electrons. The Morgan fingerprint density at radius 1 is 0.614 bits per heavy atom. The number of thiophene rings is 1. The van der Waals surface area contributed by atoms with Crippen LogP contribution in [0.2, 0.25) is 0 Å². The maximum absolute atomic E-state index is 12.4. The van der Waals surface area contributed by atoms with Gasteiger partial charge in [0.25, 0.3) is 0 Å². The molecule has 4 heterocycles. The smallest absolute Gasteiger partial charge is 0.212 e. The molecule has 9 aromatic rings. The predicted octanol–water partition coefficient (Wildman–Crippen LogP) is 10.2. The highest BCUT2D eigenvalue weighted by atomic mass is 32.2. The number of hydrogen-bond donors (Lipinski definition) is 0. The molecule has 0 atom stereocenters. The minimum Gasteiger partial charge on any atom is -0.481 e. The highest BCUT2D eigenvalue weighted by Gasteiger charge is 2.40. The molecule has 4 aromatic heterocycles. The van der Waals surface area contributed by atoms with E-state index >= 15 is 0 Å². The Kier molecular flexibility index (Phi) is 9.28. The van der Waals surface area contributed by atoms with Gasteiger partial charge in [0.05, 0.1) is 23.2 Å². The highest BCUT2D eigenvalue weighted by Crippen LogP contribution is 2.44. The fraction of sp³-hybridized carbons (Fsp3) is 0.0638. The van der Waals surface area contributed by atoms with Crippen LogP contribution in [0.25, 0.3) is 55.0 Å². The number of pyridine rings is 1. The van der Waals surface area contributed by atoms with Crippen molar-refractivity contribution in [2.24, 2.45) is 0 Å². The van der Waals surface area contributed by atoms with Gasteiger partial charge in [-0.3, -0.25) is 4.68 Å². The molecule has 0 saturated carbocycles. The van der Waals surface area contributed by atoms with E-state index in [1.165, 1.54) is 23.9 Å². The van der Waals surface area contributed by atoms with E-state index in [1.54, 1.807) is 13.2 Å². The molecule has 278 valence electrons. The molecule has 0 saturated heterocycles. The SMILES string of the molecule is COc1ccc(-c2ccc(-c3nn(C(c4ccccc4)(c4ccccc4)c4ccccc4)cc3-c3ccc4ncnc(-c5ccc(S(C)(=O)=O)s5)c4c3)cc2)cn1. The lowest BCUT2D eigenvalue weighted by molar-refractivity contribution is 0.398. The largest absolute Gasteiger partial charge is 0.481 e. The van der Waals surface area contributed by atoms with Crippen LogP contribution >= 0.6 is 11.3 Å². The predicted molar refractivity (Wildman–Crippen MR) is 227 cm³/mol. The third kappa shape index (κ3) is 6.58. The van der Waals surface area contributed by atoms with Gasteiger partial charge in [0.1, 0.15) is 21.8 Å². The Morgan fingerprint density at radius 2 is 1.21 bits per heavy atom. The monoisotopic (exact) mass is 781 g/mol. The molecule has 57 heavy (non-hydrogen) atoms. The van der Waals surface area contributed by atoms with Gasteiger partial charge in [-0.2, -0.15) is 5.10 Å². The number of aromatic nitrogens is 5. The van der Waals surface area contributed by atoms with Gasteiger partial charge in [-0.25, -0.2) is 23.4 Å². The quantitative estimate of drug-likeness (QED) is 0.127. The first-order chi connectivity index (χ1) is 27.8. The number of hydrogen-bond acceptors (Lipinski definition) is 8. The number of fused-ring (bicyclic) bond motifs is 1. The highest BCUT2D eigenvalue weighted by molar-refractivity contribution is 7.92. The molecular weight excluding hydrogens is 747 g/mol.